The van der Waals surface area contributed by atoms with Crippen molar-refractivity contribution >= 4 is 35.2 Å². The summed E-state index contributed by atoms with van der Waals surface area (Å²) in [6, 6.07) is 15.0. The molecule has 4 rings (SSSR count). The van der Waals surface area contributed by atoms with E-state index in [2.05, 4.69) is 10.2 Å². The fourth-order valence-corrected chi connectivity index (χ4v) is 4.92. The lowest BCUT2D eigenvalue weighted by molar-refractivity contribution is -0.130. The first-order valence-corrected chi connectivity index (χ1v) is 12.2. The van der Waals surface area contributed by atoms with Gasteiger partial charge in [0.25, 0.3) is 5.91 Å². The third-order valence-electron chi connectivity index (χ3n) is 5.74. The fourth-order valence-electron chi connectivity index (χ4n) is 3.89. The van der Waals surface area contributed by atoms with Crippen LogP contribution in [0.5, 0.6) is 0 Å². The Morgan fingerprint density at radius 1 is 1.03 bits per heavy atom. The molecule has 2 heterocycles. The van der Waals surface area contributed by atoms with Gasteiger partial charge in [-0.15, -0.1) is 10.2 Å². The van der Waals surface area contributed by atoms with Crippen LogP contribution in [0.2, 0.25) is 5.02 Å². The van der Waals surface area contributed by atoms with Crippen molar-refractivity contribution in [2.75, 3.05) is 25.4 Å². The Balaban J connectivity index is 1.37. The molecule has 1 aliphatic heterocycles. The van der Waals surface area contributed by atoms with Crippen molar-refractivity contribution in [1.29, 1.82) is 0 Å². The van der Waals surface area contributed by atoms with E-state index in [-0.39, 0.29) is 23.6 Å². The van der Waals surface area contributed by atoms with Crippen molar-refractivity contribution in [3.8, 4) is 5.69 Å². The Labute approximate surface area is 202 Å². The zero-order valence-electron chi connectivity index (χ0n) is 18.9. The molecule has 2 amide bonds. The summed E-state index contributed by atoms with van der Waals surface area (Å²) in [6.45, 7) is 7.42. The Kier molecular flexibility index (Phi) is 7.05. The smallest absolute Gasteiger partial charge is 0.254 e. The van der Waals surface area contributed by atoms with E-state index in [1.54, 1.807) is 24.3 Å². The number of benzene rings is 2. The maximum Gasteiger partial charge on any atom is 0.254 e. The number of halogens is 1. The van der Waals surface area contributed by atoms with Gasteiger partial charge in [-0.25, -0.2) is 0 Å². The van der Waals surface area contributed by atoms with Crippen LogP contribution in [0, 0.1) is 13.8 Å². The summed E-state index contributed by atoms with van der Waals surface area (Å²) in [6.07, 6.45) is 0. The second kappa shape index (κ2) is 9.97. The molecule has 1 aliphatic rings. The van der Waals surface area contributed by atoms with Gasteiger partial charge in [-0.05, 0) is 57.2 Å². The van der Waals surface area contributed by atoms with Gasteiger partial charge >= 0.3 is 0 Å². The van der Waals surface area contributed by atoms with Crippen molar-refractivity contribution in [1.82, 2.24) is 24.6 Å². The quantitative estimate of drug-likeness (QED) is 0.513. The molecule has 0 N–H and O–H groups in total. The molecule has 0 saturated carbocycles. The number of thioether (sulfide) groups is 1. The normalized spacial score (nSPS) is 16.2. The van der Waals surface area contributed by atoms with Gasteiger partial charge in [-0.3, -0.25) is 14.2 Å². The molecule has 3 aromatic rings. The van der Waals surface area contributed by atoms with Crippen LogP contribution >= 0.6 is 23.4 Å². The fraction of sp³-hybridized carbons (Fsp3) is 0.333. The molecule has 1 fully saturated rings. The van der Waals surface area contributed by atoms with E-state index >= 15 is 0 Å². The van der Waals surface area contributed by atoms with Crippen molar-refractivity contribution in [2.45, 2.75) is 32.0 Å². The number of aromatic nitrogens is 3. The number of carbonyl (C=O) groups excluding carboxylic acids is 2. The van der Waals surface area contributed by atoms with Crippen molar-refractivity contribution < 1.29 is 9.59 Å². The molecule has 7 nitrogen and oxygen atoms in total. The number of hydrogen-bond acceptors (Lipinski definition) is 5. The SMILES string of the molecule is Cc1ccc(-n2c(C)nnc2SCC(=O)N2CCN(C(=O)c3ccc(Cl)cc3)C(C)C2)cc1. The number of amides is 2. The predicted molar refractivity (Wildman–Crippen MR) is 130 cm³/mol. The maximum atomic E-state index is 12.9. The predicted octanol–water partition coefficient (Wildman–Crippen LogP) is 4.00. The van der Waals surface area contributed by atoms with Crippen LogP contribution < -0.4 is 0 Å². The van der Waals surface area contributed by atoms with Crippen molar-refractivity contribution in [2.24, 2.45) is 0 Å². The van der Waals surface area contributed by atoms with Crippen LogP contribution in [-0.2, 0) is 4.79 Å². The summed E-state index contributed by atoms with van der Waals surface area (Å²) in [4.78, 5) is 29.4. The van der Waals surface area contributed by atoms with Crippen LogP contribution in [0.25, 0.3) is 5.69 Å². The minimum Gasteiger partial charge on any atom is -0.338 e. The Morgan fingerprint density at radius 2 is 1.73 bits per heavy atom. The molecule has 1 atom stereocenters. The lowest BCUT2D eigenvalue weighted by Crippen LogP contribution is -2.55. The molecule has 9 heteroatoms. The van der Waals surface area contributed by atoms with E-state index in [0.29, 0.717) is 35.4 Å². The number of aryl methyl sites for hydroxylation is 2. The average molecular weight is 484 g/mol. The average Bonchev–Trinajstić information content (AvgIpc) is 3.18. The zero-order chi connectivity index (χ0) is 23.5. The highest BCUT2D eigenvalue weighted by atomic mass is 35.5. The molecule has 0 bridgehead atoms. The molecule has 2 aromatic carbocycles. The summed E-state index contributed by atoms with van der Waals surface area (Å²) in [5, 5.41) is 9.75. The molecule has 1 aromatic heterocycles. The van der Waals surface area contributed by atoms with Gasteiger partial charge in [0.1, 0.15) is 5.82 Å². The monoisotopic (exact) mass is 483 g/mol. The van der Waals surface area contributed by atoms with Crippen LogP contribution in [0.1, 0.15) is 28.7 Å². The van der Waals surface area contributed by atoms with E-state index in [1.807, 2.05) is 59.4 Å². The van der Waals surface area contributed by atoms with E-state index in [4.69, 9.17) is 11.6 Å². The van der Waals surface area contributed by atoms with E-state index < -0.39 is 0 Å². The summed E-state index contributed by atoms with van der Waals surface area (Å²) in [5.74, 6) is 1.03. The molecule has 33 heavy (non-hydrogen) atoms. The highest BCUT2D eigenvalue weighted by molar-refractivity contribution is 7.99. The van der Waals surface area contributed by atoms with Crippen LogP contribution in [-0.4, -0.2) is 67.8 Å². The standard InChI is InChI=1S/C24H26ClN5O2S/c1-16-4-10-21(11-5-16)30-18(3)26-27-24(30)33-15-22(31)28-12-13-29(17(2)14-28)23(32)19-6-8-20(25)9-7-19/h4-11,17H,12-15H2,1-3H3. The summed E-state index contributed by atoms with van der Waals surface area (Å²) < 4.78 is 1.96. The first-order valence-electron chi connectivity index (χ1n) is 10.8. The van der Waals surface area contributed by atoms with Crippen molar-refractivity contribution in [3.63, 3.8) is 0 Å². The minimum absolute atomic E-state index is 0.0292. The van der Waals surface area contributed by atoms with Crippen LogP contribution in [0.4, 0.5) is 0 Å². The third kappa shape index (κ3) is 5.23. The number of nitrogens with zero attached hydrogens (tertiary/aromatic N) is 5. The number of piperazine rings is 1. The molecule has 1 unspecified atom stereocenters. The van der Waals surface area contributed by atoms with Gasteiger partial charge in [-0.1, -0.05) is 41.1 Å². The van der Waals surface area contributed by atoms with Crippen molar-refractivity contribution in [3.05, 3.63) is 70.5 Å². The maximum absolute atomic E-state index is 12.9. The molecule has 172 valence electrons. The lowest BCUT2D eigenvalue weighted by Gasteiger charge is -2.40. The van der Waals surface area contributed by atoms with Gasteiger partial charge in [0.15, 0.2) is 5.16 Å². The largest absolute Gasteiger partial charge is 0.338 e. The molecule has 0 aliphatic carbocycles. The van der Waals surface area contributed by atoms with E-state index in [0.717, 1.165) is 11.5 Å². The first-order chi connectivity index (χ1) is 15.8. The Hall–Kier alpha value is -2.84. The highest BCUT2D eigenvalue weighted by Crippen LogP contribution is 2.23. The van der Waals surface area contributed by atoms with E-state index in [1.165, 1.54) is 17.3 Å². The molecular weight excluding hydrogens is 458 g/mol. The topological polar surface area (TPSA) is 71.3 Å². The molecule has 1 saturated heterocycles. The minimum atomic E-state index is -0.0747. The van der Waals surface area contributed by atoms with Gasteiger partial charge in [0.05, 0.1) is 5.75 Å². The molecule has 0 radical (unpaired) electrons. The second-order valence-electron chi connectivity index (χ2n) is 8.18. The number of carbonyl (C=O) groups is 2. The number of hydrogen-bond donors (Lipinski definition) is 0. The second-order valence-corrected chi connectivity index (χ2v) is 9.56. The zero-order valence-corrected chi connectivity index (χ0v) is 20.4. The van der Waals surface area contributed by atoms with Gasteiger partial charge in [0.2, 0.25) is 5.91 Å². The van der Waals surface area contributed by atoms with Crippen LogP contribution in [0.15, 0.2) is 53.7 Å². The molecular formula is C24H26ClN5O2S. The first kappa shape index (κ1) is 23.3. The lowest BCUT2D eigenvalue weighted by atomic mass is 10.1. The summed E-state index contributed by atoms with van der Waals surface area (Å²) >= 11 is 7.31. The van der Waals surface area contributed by atoms with Crippen LogP contribution in [0.3, 0.4) is 0 Å². The van der Waals surface area contributed by atoms with Gasteiger partial charge in [0, 0.05) is 41.9 Å². The highest BCUT2D eigenvalue weighted by Gasteiger charge is 2.30. The number of rotatable bonds is 5. The molecule has 0 spiro atoms. The summed E-state index contributed by atoms with van der Waals surface area (Å²) in [7, 11) is 0. The van der Waals surface area contributed by atoms with Gasteiger partial charge < -0.3 is 9.80 Å². The Bertz CT molecular complexity index is 1150. The Morgan fingerprint density at radius 3 is 2.39 bits per heavy atom. The third-order valence-corrected chi connectivity index (χ3v) is 6.91. The van der Waals surface area contributed by atoms with Gasteiger partial charge in [-0.2, -0.15) is 0 Å². The summed E-state index contributed by atoms with van der Waals surface area (Å²) in [5.41, 5.74) is 2.75. The van der Waals surface area contributed by atoms with E-state index in [9.17, 15) is 9.59 Å².